The topological polar surface area (TPSA) is 74.8 Å². The highest BCUT2D eigenvalue weighted by Gasteiger charge is 2.36. The van der Waals surface area contributed by atoms with Crippen LogP contribution in [0.25, 0.3) is 0 Å². The maximum atomic E-state index is 11.5. The highest BCUT2D eigenvalue weighted by Crippen LogP contribution is 2.29. The molecule has 0 atom stereocenters. The Morgan fingerprint density at radius 3 is 2.77 bits per heavy atom. The van der Waals surface area contributed by atoms with Gasteiger partial charge >= 0.3 is 0 Å². The third kappa shape index (κ3) is 1.67. The molecule has 1 aromatic heterocycles. The largest absolute Gasteiger partial charge is 0.267 e. The average molecular weight is 201 g/mol. The van der Waals surface area contributed by atoms with Crippen molar-refractivity contribution in [1.82, 2.24) is 10.2 Å². The SMILES string of the molecule is Cc1cn[nH]c1NS(=O)(=O)C1CC1. The van der Waals surface area contributed by atoms with Crippen molar-refractivity contribution in [3.8, 4) is 0 Å². The summed E-state index contributed by atoms with van der Waals surface area (Å²) in [4.78, 5) is 0. The van der Waals surface area contributed by atoms with E-state index in [1.54, 1.807) is 13.1 Å². The molecule has 0 aromatic carbocycles. The van der Waals surface area contributed by atoms with Crippen LogP contribution in [-0.4, -0.2) is 23.9 Å². The zero-order valence-corrected chi connectivity index (χ0v) is 8.06. The summed E-state index contributed by atoms with van der Waals surface area (Å²) in [7, 11) is -3.15. The first-order chi connectivity index (χ1) is 6.09. The first-order valence-electron chi connectivity index (χ1n) is 4.11. The molecule has 0 saturated heterocycles. The summed E-state index contributed by atoms with van der Waals surface area (Å²) in [5, 5.41) is 6.14. The number of hydrogen-bond donors (Lipinski definition) is 2. The van der Waals surface area contributed by atoms with Gasteiger partial charge in [0, 0.05) is 5.56 Å². The molecule has 1 aliphatic rings. The number of H-pyrrole nitrogens is 1. The molecule has 1 heterocycles. The van der Waals surface area contributed by atoms with Gasteiger partial charge in [-0.25, -0.2) is 8.42 Å². The Kier molecular flexibility index (Phi) is 1.80. The molecular weight excluding hydrogens is 190 g/mol. The molecule has 0 amide bonds. The molecule has 13 heavy (non-hydrogen) atoms. The fourth-order valence-corrected chi connectivity index (χ4v) is 2.47. The van der Waals surface area contributed by atoms with Crippen LogP contribution in [0.2, 0.25) is 0 Å². The number of sulfonamides is 1. The number of aromatic nitrogens is 2. The molecule has 5 nitrogen and oxygen atoms in total. The molecule has 0 bridgehead atoms. The van der Waals surface area contributed by atoms with E-state index < -0.39 is 10.0 Å². The molecule has 2 N–H and O–H groups in total. The zero-order chi connectivity index (χ0) is 9.47. The van der Waals surface area contributed by atoms with Crippen molar-refractivity contribution in [2.45, 2.75) is 25.0 Å². The first kappa shape index (κ1) is 8.55. The van der Waals surface area contributed by atoms with Gasteiger partial charge in [-0.15, -0.1) is 0 Å². The molecule has 0 radical (unpaired) electrons. The molecule has 0 spiro atoms. The number of rotatable bonds is 3. The van der Waals surface area contributed by atoms with Gasteiger partial charge in [-0.1, -0.05) is 0 Å². The maximum absolute atomic E-state index is 11.5. The number of nitrogens with zero attached hydrogens (tertiary/aromatic N) is 1. The van der Waals surface area contributed by atoms with E-state index in [4.69, 9.17) is 0 Å². The van der Waals surface area contributed by atoms with E-state index in [0.717, 1.165) is 18.4 Å². The Balaban J connectivity index is 2.18. The van der Waals surface area contributed by atoms with Crippen LogP contribution in [0, 0.1) is 6.92 Å². The lowest BCUT2D eigenvalue weighted by molar-refractivity contribution is 0.599. The monoisotopic (exact) mass is 201 g/mol. The fourth-order valence-electron chi connectivity index (χ4n) is 1.05. The number of aromatic amines is 1. The second kappa shape index (κ2) is 2.73. The number of anilines is 1. The third-order valence-corrected chi connectivity index (χ3v) is 3.87. The van der Waals surface area contributed by atoms with Crippen molar-refractivity contribution in [1.29, 1.82) is 0 Å². The molecule has 1 aromatic rings. The quantitative estimate of drug-likeness (QED) is 0.752. The Morgan fingerprint density at radius 2 is 2.31 bits per heavy atom. The van der Waals surface area contributed by atoms with E-state index in [2.05, 4.69) is 14.9 Å². The fraction of sp³-hybridized carbons (Fsp3) is 0.571. The minimum atomic E-state index is -3.15. The maximum Gasteiger partial charge on any atom is 0.236 e. The number of nitrogens with one attached hydrogen (secondary N) is 2. The summed E-state index contributed by atoms with van der Waals surface area (Å²) in [5.41, 5.74) is 0.809. The van der Waals surface area contributed by atoms with Crippen LogP contribution in [0.4, 0.5) is 5.82 Å². The Labute approximate surface area is 76.6 Å². The highest BCUT2D eigenvalue weighted by atomic mass is 32.2. The van der Waals surface area contributed by atoms with Crippen LogP contribution in [0.3, 0.4) is 0 Å². The van der Waals surface area contributed by atoms with Gasteiger partial charge in [0.2, 0.25) is 10.0 Å². The van der Waals surface area contributed by atoms with E-state index in [9.17, 15) is 8.42 Å². The highest BCUT2D eigenvalue weighted by molar-refractivity contribution is 7.93. The van der Waals surface area contributed by atoms with Gasteiger partial charge in [0.05, 0.1) is 11.4 Å². The third-order valence-electron chi connectivity index (χ3n) is 2.04. The molecule has 1 fully saturated rings. The summed E-state index contributed by atoms with van der Waals surface area (Å²) in [5.74, 6) is 0.479. The zero-order valence-electron chi connectivity index (χ0n) is 7.24. The van der Waals surface area contributed by atoms with Crippen LogP contribution < -0.4 is 4.72 Å². The molecule has 1 aliphatic carbocycles. The summed E-state index contributed by atoms with van der Waals surface area (Å²) < 4.78 is 25.4. The molecule has 2 rings (SSSR count). The predicted molar refractivity (Wildman–Crippen MR) is 48.9 cm³/mol. The summed E-state index contributed by atoms with van der Waals surface area (Å²) >= 11 is 0. The molecule has 0 aliphatic heterocycles. The van der Waals surface area contributed by atoms with Gasteiger partial charge in [0.15, 0.2) is 0 Å². The Hall–Kier alpha value is -1.04. The molecule has 1 saturated carbocycles. The Morgan fingerprint density at radius 1 is 1.62 bits per heavy atom. The van der Waals surface area contributed by atoms with Crippen LogP contribution in [0.15, 0.2) is 6.20 Å². The number of aryl methyl sites for hydroxylation is 1. The molecular formula is C7H11N3O2S. The Bertz CT molecular complexity index is 405. The minimum Gasteiger partial charge on any atom is -0.267 e. The van der Waals surface area contributed by atoms with Gasteiger partial charge in [-0.3, -0.25) is 9.82 Å². The van der Waals surface area contributed by atoms with Crippen molar-refractivity contribution in [2.24, 2.45) is 0 Å². The summed E-state index contributed by atoms with van der Waals surface area (Å²) in [6.45, 7) is 1.80. The summed E-state index contributed by atoms with van der Waals surface area (Å²) in [6, 6.07) is 0. The number of hydrogen-bond acceptors (Lipinski definition) is 3. The van der Waals surface area contributed by atoms with Crippen molar-refractivity contribution in [3.05, 3.63) is 11.8 Å². The normalized spacial score (nSPS) is 17.3. The van der Waals surface area contributed by atoms with E-state index in [-0.39, 0.29) is 5.25 Å². The molecule has 72 valence electrons. The van der Waals surface area contributed by atoms with E-state index >= 15 is 0 Å². The van der Waals surface area contributed by atoms with Crippen molar-refractivity contribution < 1.29 is 8.42 Å². The van der Waals surface area contributed by atoms with Crippen molar-refractivity contribution in [2.75, 3.05) is 4.72 Å². The summed E-state index contributed by atoms with van der Waals surface area (Å²) in [6.07, 6.45) is 3.12. The molecule has 6 heteroatoms. The average Bonchev–Trinajstić information content (AvgIpc) is 2.80. The lowest BCUT2D eigenvalue weighted by atomic mass is 10.4. The van der Waals surface area contributed by atoms with Crippen LogP contribution in [0.1, 0.15) is 18.4 Å². The minimum absolute atomic E-state index is 0.199. The van der Waals surface area contributed by atoms with Crippen molar-refractivity contribution >= 4 is 15.8 Å². The van der Waals surface area contributed by atoms with E-state index in [1.165, 1.54) is 0 Å². The lowest BCUT2D eigenvalue weighted by Gasteiger charge is -2.04. The van der Waals surface area contributed by atoms with Gasteiger partial charge < -0.3 is 0 Å². The van der Waals surface area contributed by atoms with Crippen LogP contribution in [-0.2, 0) is 10.0 Å². The smallest absolute Gasteiger partial charge is 0.236 e. The van der Waals surface area contributed by atoms with Gasteiger partial charge in [-0.2, -0.15) is 5.10 Å². The lowest BCUT2D eigenvalue weighted by Crippen LogP contribution is -2.18. The van der Waals surface area contributed by atoms with E-state index in [1.807, 2.05) is 0 Å². The second-order valence-electron chi connectivity index (χ2n) is 3.27. The first-order valence-corrected chi connectivity index (χ1v) is 5.66. The van der Waals surface area contributed by atoms with Gasteiger partial charge in [0.25, 0.3) is 0 Å². The second-order valence-corrected chi connectivity index (χ2v) is 5.24. The van der Waals surface area contributed by atoms with E-state index in [0.29, 0.717) is 5.82 Å². The predicted octanol–water partition coefficient (Wildman–Crippen LogP) is 0.622. The molecule has 0 unspecified atom stereocenters. The van der Waals surface area contributed by atoms with Crippen molar-refractivity contribution in [3.63, 3.8) is 0 Å². The van der Waals surface area contributed by atoms with Gasteiger partial charge in [0.1, 0.15) is 5.82 Å². The van der Waals surface area contributed by atoms with Crippen LogP contribution in [0.5, 0.6) is 0 Å². The van der Waals surface area contributed by atoms with Crippen LogP contribution >= 0.6 is 0 Å². The standard InChI is InChI=1S/C7H11N3O2S/c1-5-4-8-9-7(5)10-13(11,12)6-2-3-6/h4,6H,2-3H2,1H3,(H2,8,9,10). The van der Waals surface area contributed by atoms with Gasteiger partial charge in [-0.05, 0) is 19.8 Å².